The summed E-state index contributed by atoms with van der Waals surface area (Å²) in [6.07, 6.45) is 6.16. The third-order valence-corrected chi connectivity index (χ3v) is 7.39. The highest BCUT2D eigenvalue weighted by Crippen LogP contribution is 2.29. The van der Waals surface area contributed by atoms with E-state index in [0.29, 0.717) is 10.1 Å². The van der Waals surface area contributed by atoms with Crippen molar-refractivity contribution < 1.29 is 8.42 Å². The maximum Gasteiger partial charge on any atom is 0.241 e. The summed E-state index contributed by atoms with van der Waals surface area (Å²) in [5, 5.41) is 5.63. The number of rotatable bonds is 8. The normalized spacial score (nSPS) is 22.8. The highest BCUT2D eigenvalue weighted by Gasteiger charge is 2.28. The molecule has 120 valence electrons. The van der Waals surface area contributed by atoms with Crippen LogP contribution < -0.4 is 10.0 Å². The number of hydrogen-bond acceptors (Lipinski definition) is 5. The summed E-state index contributed by atoms with van der Waals surface area (Å²) in [6, 6.07) is 1.88. The van der Waals surface area contributed by atoms with Crippen molar-refractivity contribution in [3.8, 4) is 0 Å². The molecule has 2 N–H and O–H groups in total. The van der Waals surface area contributed by atoms with Gasteiger partial charge in [-0.15, -0.1) is 11.3 Å². The third kappa shape index (κ3) is 4.96. The standard InChI is InChI=1S/C14H24N2O2S3/c1-3-6-15-9-13-8-14(10-20-13)21(17,18)16-11-4-5-12(7-11)19-2/h8,10-12,15-16H,3-7,9H2,1-2H3. The van der Waals surface area contributed by atoms with Crippen LogP contribution in [-0.2, 0) is 16.6 Å². The van der Waals surface area contributed by atoms with Crippen molar-refractivity contribution >= 4 is 33.1 Å². The fourth-order valence-corrected chi connectivity index (χ4v) is 5.86. The fraction of sp³-hybridized carbons (Fsp3) is 0.714. The molecule has 4 nitrogen and oxygen atoms in total. The van der Waals surface area contributed by atoms with Gasteiger partial charge in [0, 0.05) is 28.1 Å². The molecule has 0 aromatic carbocycles. The van der Waals surface area contributed by atoms with Gasteiger partial charge in [0.05, 0.1) is 4.90 Å². The van der Waals surface area contributed by atoms with E-state index < -0.39 is 10.0 Å². The summed E-state index contributed by atoms with van der Waals surface area (Å²) in [4.78, 5) is 1.48. The number of sulfonamides is 1. The summed E-state index contributed by atoms with van der Waals surface area (Å²) in [5.74, 6) is 0. The van der Waals surface area contributed by atoms with Crippen molar-refractivity contribution in [3.05, 3.63) is 16.3 Å². The van der Waals surface area contributed by atoms with Gasteiger partial charge >= 0.3 is 0 Å². The fourth-order valence-electron chi connectivity index (χ4n) is 2.53. The second-order valence-electron chi connectivity index (χ2n) is 5.41. The zero-order valence-electron chi connectivity index (χ0n) is 12.6. The molecule has 7 heteroatoms. The van der Waals surface area contributed by atoms with E-state index in [1.54, 1.807) is 11.4 Å². The lowest BCUT2D eigenvalue weighted by Gasteiger charge is -2.12. The van der Waals surface area contributed by atoms with Crippen LogP contribution in [-0.4, -0.2) is 32.5 Å². The maximum atomic E-state index is 12.4. The molecule has 0 amide bonds. The monoisotopic (exact) mass is 348 g/mol. The lowest BCUT2D eigenvalue weighted by Crippen LogP contribution is -2.32. The van der Waals surface area contributed by atoms with Crippen LogP contribution in [0, 0.1) is 0 Å². The zero-order chi connectivity index (χ0) is 15.3. The Balaban J connectivity index is 1.93. The number of nitrogens with one attached hydrogen (secondary N) is 2. The van der Waals surface area contributed by atoms with Gasteiger partial charge in [-0.1, -0.05) is 6.92 Å². The van der Waals surface area contributed by atoms with Crippen molar-refractivity contribution in [2.45, 2.75) is 55.3 Å². The van der Waals surface area contributed by atoms with Gasteiger partial charge in [0.1, 0.15) is 0 Å². The molecule has 0 radical (unpaired) electrons. The molecule has 1 aliphatic carbocycles. The largest absolute Gasteiger partial charge is 0.312 e. The van der Waals surface area contributed by atoms with E-state index in [9.17, 15) is 8.42 Å². The molecule has 0 aliphatic heterocycles. The van der Waals surface area contributed by atoms with Gasteiger partial charge in [-0.05, 0) is 44.6 Å². The Morgan fingerprint density at radius 1 is 1.43 bits per heavy atom. The summed E-state index contributed by atoms with van der Waals surface area (Å²) in [6.45, 7) is 3.81. The van der Waals surface area contributed by atoms with Gasteiger partial charge in [0.2, 0.25) is 10.0 Å². The summed E-state index contributed by atoms with van der Waals surface area (Å²) in [7, 11) is -3.36. The molecule has 1 fully saturated rings. The van der Waals surface area contributed by atoms with Crippen molar-refractivity contribution in [1.82, 2.24) is 10.0 Å². The summed E-state index contributed by atoms with van der Waals surface area (Å²) < 4.78 is 27.7. The van der Waals surface area contributed by atoms with Crippen molar-refractivity contribution in [2.75, 3.05) is 12.8 Å². The van der Waals surface area contributed by atoms with Crippen LogP contribution in [0.2, 0.25) is 0 Å². The highest BCUT2D eigenvalue weighted by atomic mass is 32.2. The van der Waals surface area contributed by atoms with Gasteiger partial charge in [0.25, 0.3) is 0 Å². The van der Waals surface area contributed by atoms with E-state index in [2.05, 4.69) is 23.2 Å². The molecule has 2 rings (SSSR count). The minimum absolute atomic E-state index is 0.0917. The van der Waals surface area contributed by atoms with E-state index >= 15 is 0 Å². The van der Waals surface area contributed by atoms with Gasteiger partial charge in [-0.2, -0.15) is 11.8 Å². The lowest BCUT2D eigenvalue weighted by molar-refractivity contribution is 0.553. The minimum Gasteiger partial charge on any atom is -0.312 e. The van der Waals surface area contributed by atoms with Crippen molar-refractivity contribution in [3.63, 3.8) is 0 Å². The molecule has 0 saturated heterocycles. The Hall–Kier alpha value is -0.0800. The van der Waals surface area contributed by atoms with Crippen LogP contribution >= 0.6 is 23.1 Å². The topological polar surface area (TPSA) is 58.2 Å². The molecule has 1 heterocycles. The van der Waals surface area contributed by atoms with Gasteiger partial charge in [0.15, 0.2) is 0 Å². The molecule has 0 bridgehead atoms. The average Bonchev–Trinajstić information content (AvgIpc) is 3.08. The molecule has 1 saturated carbocycles. The van der Waals surface area contributed by atoms with Crippen LogP contribution in [0.5, 0.6) is 0 Å². The Labute approximate surface area is 136 Å². The van der Waals surface area contributed by atoms with Gasteiger partial charge in [-0.25, -0.2) is 13.1 Å². The van der Waals surface area contributed by atoms with Crippen molar-refractivity contribution in [2.24, 2.45) is 0 Å². The first-order chi connectivity index (χ1) is 10.0. The quantitative estimate of drug-likeness (QED) is 0.709. The van der Waals surface area contributed by atoms with E-state index in [1.807, 2.05) is 11.8 Å². The molecular formula is C14H24N2O2S3. The first-order valence-electron chi connectivity index (χ1n) is 7.38. The molecule has 1 aromatic rings. The summed E-state index contributed by atoms with van der Waals surface area (Å²) in [5.41, 5.74) is 0. The van der Waals surface area contributed by atoms with Gasteiger partial charge < -0.3 is 5.32 Å². The number of thiophene rings is 1. The summed E-state index contributed by atoms with van der Waals surface area (Å²) >= 11 is 3.34. The molecule has 0 spiro atoms. The van der Waals surface area contributed by atoms with E-state index in [0.717, 1.165) is 43.6 Å². The van der Waals surface area contributed by atoms with Crippen LogP contribution in [0.15, 0.2) is 16.3 Å². The van der Waals surface area contributed by atoms with E-state index in [4.69, 9.17) is 0 Å². The third-order valence-electron chi connectivity index (χ3n) is 3.71. The number of hydrogen-bond donors (Lipinski definition) is 2. The van der Waals surface area contributed by atoms with E-state index in [1.165, 1.54) is 11.3 Å². The Morgan fingerprint density at radius 3 is 2.90 bits per heavy atom. The smallest absolute Gasteiger partial charge is 0.241 e. The van der Waals surface area contributed by atoms with Crippen LogP contribution in [0.4, 0.5) is 0 Å². The highest BCUT2D eigenvalue weighted by molar-refractivity contribution is 7.99. The second kappa shape index (κ2) is 7.97. The predicted molar refractivity (Wildman–Crippen MR) is 91.6 cm³/mol. The predicted octanol–water partition coefficient (Wildman–Crippen LogP) is 2.81. The Morgan fingerprint density at radius 2 is 2.24 bits per heavy atom. The SMILES string of the molecule is CCCNCc1cc(S(=O)(=O)NC2CCC(SC)C2)cs1. The number of thioether (sulfide) groups is 1. The van der Waals surface area contributed by atoms with Crippen LogP contribution in [0.25, 0.3) is 0 Å². The lowest BCUT2D eigenvalue weighted by atomic mass is 10.3. The second-order valence-corrected chi connectivity index (χ2v) is 9.26. The molecule has 2 unspecified atom stereocenters. The first-order valence-corrected chi connectivity index (χ1v) is 11.0. The molecule has 21 heavy (non-hydrogen) atoms. The molecule has 2 atom stereocenters. The molecular weight excluding hydrogens is 324 g/mol. The maximum absolute atomic E-state index is 12.4. The van der Waals surface area contributed by atoms with Gasteiger partial charge in [-0.3, -0.25) is 0 Å². The Kier molecular flexibility index (Phi) is 6.55. The molecule has 1 aliphatic rings. The minimum atomic E-state index is -3.36. The molecule has 1 aromatic heterocycles. The Bertz CT molecular complexity index is 542. The van der Waals surface area contributed by atoms with Crippen molar-refractivity contribution in [1.29, 1.82) is 0 Å². The first kappa shape index (κ1) is 17.3. The zero-order valence-corrected chi connectivity index (χ0v) is 15.0. The average molecular weight is 349 g/mol. The van der Waals surface area contributed by atoms with Crippen LogP contribution in [0.1, 0.15) is 37.5 Å². The van der Waals surface area contributed by atoms with Crippen LogP contribution in [0.3, 0.4) is 0 Å². The van der Waals surface area contributed by atoms with E-state index in [-0.39, 0.29) is 6.04 Å².